The average Bonchev–Trinajstić information content (AvgIpc) is 2.90. The Kier molecular flexibility index (Phi) is 1.13. The minimum absolute atomic E-state index is 0.310. The third kappa shape index (κ3) is 0.722. The molecular formula is C11H10O3. The lowest BCUT2D eigenvalue weighted by atomic mass is 9.91. The Morgan fingerprint density at radius 2 is 1.50 bits per heavy atom. The smallest absolute Gasteiger partial charge is 0.231 e. The molecule has 0 radical (unpaired) electrons. The summed E-state index contributed by atoms with van der Waals surface area (Å²) in [5.41, 5.74) is 2.62. The standard InChI is InChI=1S/C11H10O3/c1-2-9-7-4-11-10(12-5-13-11)3-6(7)8(1)14-9/h3-4,8-9H,1-2,5H2. The summed E-state index contributed by atoms with van der Waals surface area (Å²) in [6.45, 7) is 0.356. The van der Waals surface area contributed by atoms with E-state index in [-0.39, 0.29) is 0 Å². The van der Waals surface area contributed by atoms with Crippen molar-refractivity contribution in [2.75, 3.05) is 6.79 Å². The molecule has 2 atom stereocenters. The minimum atomic E-state index is 0.310. The van der Waals surface area contributed by atoms with Crippen LogP contribution in [0.2, 0.25) is 0 Å². The molecule has 3 heterocycles. The Labute approximate surface area is 81.6 Å². The maximum atomic E-state index is 5.81. The van der Waals surface area contributed by atoms with Crippen molar-refractivity contribution in [1.29, 1.82) is 0 Å². The zero-order chi connectivity index (χ0) is 9.12. The number of fused-ring (bicyclic) bond motifs is 6. The van der Waals surface area contributed by atoms with Crippen LogP contribution in [0, 0.1) is 0 Å². The van der Waals surface area contributed by atoms with Gasteiger partial charge in [-0.3, -0.25) is 0 Å². The third-order valence-electron chi connectivity index (χ3n) is 3.29. The molecule has 0 amide bonds. The van der Waals surface area contributed by atoms with Crippen molar-refractivity contribution in [1.82, 2.24) is 0 Å². The van der Waals surface area contributed by atoms with E-state index in [4.69, 9.17) is 14.2 Å². The van der Waals surface area contributed by atoms with Gasteiger partial charge in [0.05, 0.1) is 12.2 Å². The summed E-state index contributed by atoms with van der Waals surface area (Å²) < 4.78 is 16.5. The highest BCUT2D eigenvalue weighted by Gasteiger charge is 2.39. The van der Waals surface area contributed by atoms with Crippen molar-refractivity contribution < 1.29 is 14.2 Å². The first-order valence-corrected chi connectivity index (χ1v) is 5.01. The number of benzene rings is 1. The number of hydrogen-bond donors (Lipinski definition) is 0. The molecule has 0 aromatic heterocycles. The number of hydrogen-bond acceptors (Lipinski definition) is 3. The SMILES string of the molecule is c1c2c(cc3c1C1CCC3O1)OCO2. The maximum Gasteiger partial charge on any atom is 0.231 e. The molecule has 1 saturated heterocycles. The molecule has 3 nitrogen and oxygen atoms in total. The van der Waals surface area contributed by atoms with E-state index in [9.17, 15) is 0 Å². The topological polar surface area (TPSA) is 27.7 Å². The largest absolute Gasteiger partial charge is 0.454 e. The van der Waals surface area contributed by atoms with Crippen LogP contribution in [0.4, 0.5) is 0 Å². The van der Waals surface area contributed by atoms with Gasteiger partial charge in [0.2, 0.25) is 6.79 Å². The van der Waals surface area contributed by atoms with E-state index in [0.29, 0.717) is 19.0 Å². The van der Waals surface area contributed by atoms with Crippen LogP contribution in [0.25, 0.3) is 0 Å². The fraction of sp³-hybridized carbons (Fsp3) is 0.455. The predicted molar refractivity (Wildman–Crippen MR) is 48.4 cm³/mol. The Morgan fingerprint density at radius 1 is 0.929 bits per heavy atom. The lowest BCUT2D eigenvalue weighted by Crippen LogP contribution is -1.97. The van der Waals surface area contributed by atoms with Crippen molar-refractivity contribution in [3.05, 3.63) is 23.3 Å². The van der Waals surface area contributed by atoms with E-state index in [0.717, 1.165) is 24.3 Å². The van der Waals surface area contributed by atoms with Crippen LogP contribution in [0.1, 0.15) is 36.2 Å². The van der Waals surface area contributed by atoms with Crippen molar-refractivity contribution >= 4 is 0 Å². The van der Waals surface area contributed by atoms with E-state index in [2.05, 4.69) is 12.1 Å². The van der Waals surface area contributed by atoms with Crippen LogP contribution in [0.5, 0.6) is 11.5 Å². The molecule has 2 bridgehead atoms. The van der Waals surface area contributed by atoms with Gasteiger partial charge in [0.25, 0.3) is 0 Å². The molecule has 4 rings (SSSR count). The third-order valence-corrected chi connectivity index (χ3v) is 3.29. The summed E-state index contributed by atoms with van der Waals surface area (Å²) in [6, 6.07) is 4.17. The summed E-state index contributed by atoms with van der Waals surface area (Å²) in [5, 5.41) is 0. The first-order valence-electron chi connectivity index (χ1n) is 5.01. The van der Waals surface area contributed by atoms with Crippen LogP contribution < -0.4 is 9.47 Å². The van der Waals surface area contributed by atoms with Crippen LogP contribution >= 0.6 is 0 Å². The molecule has 3 aliphatic heterocycles. The summed E-state index contributed by atoms with van der Waals surface area (Å²) in [6.07, 6.45) is 2.92. The fourth-order valence-electron chi connectivity index (χ4n) is 2.63. The molecule has 2 unspecified atom stereocenters. The average molecular weight is 190 g/mol. The Morgan fingerprint density at radius 3 is 2.07 bits per heavy atom. The second-order valence-corrected chi connectivity index (χ2v) is 4.03. The molecule has 0 aliphatic carbocycles. The van der Waals surface area contributed by atoms with Crippen LogP contribution in [0.15, 0.2) is 12.1 Å². The van der Waals surface area contributed by atoms with Crippen molar-refractivity contribution in [2.45, 2.75) is 25.0 Å². The predicted octanol–water partition coefficient (Wildman–Crippen LogP) is 2.32. The minimum Gasteiger partial charge on any atom is -0.454 e. The normalized spacial score (nSPS) is 30.9. The summed E-state index contributed by atoms with van der Waals surface area (Å²) in [5.74, 6) is 1.75. The summed E-state index contributed by atoms with van der Waals surface area (Å²) >= 11 is 0. The van der Waals surface area contributed by atoms with Gasteiger partial charge in [-0.2, -0.15) is 0 Å². The van der Waals surface area contributed by atoms with E-state index >= 15 is 0 Å². The van der Waals surface area contributed by atoms with E-state index in [1.54, 1.807) is 0 Å². The second kappa shape index (κ2) is 2.23. The van der Waals surface area contributed by atoms with Gasteiger partial charge in [-0.1, -0.05) is 0 Å². The van der Waals surface area contributed by atoms with Gasteiger partial charge in [-0.25, -0.2) is 0 Å². The fourth-order valence-corrected chi connectivity index (χ4v) is 2.63. The van der Waals surface area contributed by atoms with Gasteiger partial charge < -0.3 is 14.2 Å². The first kappa shape index (κ1) is 7.12. The zero-order valence-electron chi connectivity index (χ0n) is 7.66. The quantitative estimate of drug-likeness (QED) is 0.628. The van der Waals surface area contributed by atoms with E-state index in [1.165, 1.54) is 11.1 Å². The molecule has 0 saturated carbocycles. The maximum absolute atomic E-state index is 5.81. The van der Waals surface area contributed by atoms with Crippen molar-refractivity contribution in [3.63, 3.8) is 0 Å². The molecule has 0 N–H and O–H groups in total. The molecule has 72 valence electrons. The van der Waals surface area contributed by atoms with Gasteiger partial charge in [-0.05, 0) is 36.1 Å². The van der Waals surface area contributed by atoms with Crippen LogP contribution in [-0.2, 0) is 4.74 Å². The van der Waals surface area contributed by atoms with Gasteiger partial charge in [0.15, 0.2) is 11.5 Å². The summed E-state index contributed by atoms with van der Waals surface area (Å²) in [7, 11) is 0. The van der Waals surface area contributed by atoms with Crippen molar-refractivity contribution in [2.24, 2.45) is 0 Å². The van der Waals surface area contributed by atoms with E-state index in [1.807, 2.05) is 0 Å². The molecular weight excluding hydrogens is 180 g/mol. The molecule has 1 fully saturated rings. The van der Waals surface area contributed by atoms with Crippen LogP contribution in [0.3, 0.4) is 0 Å². The number of rotatable bonds is 0. The molecule has 1 aromatic rings. The Bertz CT molecular complexity index is 376. The Hall–Kier alpha value is -1.22. The molecule has 3 heteroatoms. The lowest BCUT2D eigenvalue weighted by molar-refractivity contribution is 0.0713. The van der Waals surface area contributed by atoms with Gasteiger partial charge in [-0.15, -0.1) is 0 Å². The van der Waals surface area contributed by atoms with Gasteiger partial charge in [0.1, 0.15) is 0 Å². The highest BCUT2D eigenvalue weighted by atomic mass is 16.7. The van der Waals surface area contributed by atoms with Crippen LogP contribution in [-0.4, -0.2) is 6.79 Å². The number of ether oxygens (including phenoxy) is 3. The van der Waals surface area contributed by atoms with E-state index < -0.39 is 0 Å². The monoisotopic (exact) mass is 190 g/mol. The molecule has 14 heavy (non-hydrogen) atoms. The second-order valence-electron chi connectivity index (χ2n) is 4.03. The molecule has 3 aliphatic rings. The first-order chi connectivity index (χ1) is 6.92. The highest BCUT2D eigenvalue weighted by Crippen LogP contribution is 2.53. The zero-order valence-corrected chi connectivity index (χ0v) is 7.66. The summed E-state index contributed by atoms with van der Waals surface area (Å²) in [4.78, 5) is 0. The highest BCUT2D eigenvalue weighted by molar-refractivity contribution is 5.52. The van der Waals surface area contributed by atoms with Gasteiger partial charge >= 0.3 is 0 Å². The molecule has 0 spiro atoms. The van der Waals surface area contributed by atoms with Crippen molar-refractivity contribution in [3.8, 4) is 11.5 Å². The molecule has 1 aromatic carbocycles. The Balaban J connectivity index is 1.95. The van der Waals surface area contributed by atoms with Gasteiger partial charge in [0, 0.05) is 0 Å². The lowest BCUT2D eigenvalue weighted by Gasteiger charge is -2.11.